The highest BCUT2D eigenvalue weighted by Crippen LogP contribution is 2.23. The van der Waals surface area contributed by atoms with E-state index in [0.717, 1.165) is 5.56 Å². The molecule has 0 aliphatic carbocycles. The van der Waals surface area contributed by atoms with Crippen LogP contribution in [0.25, 0.3) is 0 Å². The Morgan fingerprint density at radius 2 is 1.85 bits per heavy atom. The molecule has 26 heavy (non-hydrogen) atoms. The monoisotopic (exact) mass is 361 g/mol. The maximum absolute atomic E-state index is 12.6. The second-order valence-corrected chi connectivity index (χ2v) is 5.85. The van der Waals surface area contributed by atoms with Gasteiger partial charge in [-0.05, 0) is 35.7 Å². The SMILES string of the molecule is CC(NC(=O)NCc1ccccc1CC(F)(F)F)c1cccc(C#N)c1. The van der Waals surface area contributed by atoms with Crippen LogP contribution >= 0.6 is 0 Å². The van der Waals surface area contributed by atoms with E-state index in [4.69, 9.17) is 5.26 Å². The summed E-state index contributed by atoms with van der Waals surface area (Å²) in [6.45, 7) is 1.75. The third-order valence-corrected chi connectivity index (χ3v) is 3.81. The Labute approximate surface area is 149 Å². The van der Waals surface area contributed by atoms with E-state index in [-0.39, 0.29) is 18.2 Å². The van der Waals surface area contributed by atoms with Crippen molar-refractivity contribution in [2.24, 2.45) is 0 Å². The third-order valence-electron chi connectivity index (χ3n) is 3.81. The van der Waals surface area contributed by atoms with Crippen LogP contribution < -0.4 is 10.6 Å². The van der Waals surface area contributed by atoms with E-state index in [9.17, 15) is 18.0 Å². The molecule has 0 heterocycles. The standard InChI is InChI=1S/C19H18F3N3O/c1-13(15-8-4-5-14(9-15)11-23)25-18(26)24-12-17-7-3-2-6-16(17)10-19(20,21)22/h2-9,13H,10,12H2,1H3,(H2,24,25,26). The second-order valence-electron chi connectivity index (χ2n) is 5.85. The van der Waals surface area contributed by atoms with Crippen LogP contribution in [0, 0.1) is 11.3 Å². The second kappa shape index (κ2) is 8.39. The van der Waals surface area contributed by atoms with Crippen LogP contribution in [0.5, 0.6) is 0 Å². The van der Waals surface area contributed by atoms with Crippen molar-refractivity contribution in [2.45, 2.75) is 32.1 Å². The molecule has 2 aromatic rings. The number of benzene rings is 2. The van der Waals surface area contributed by atoms with Gasteiger partial charge >= 0.3 is 12.2 Å². The van der Waals surface area contributed by atoms with Gasteiger partial charge in [-0.3, -0.25) is 0 Å². The molecule has 4 nitrogen and oxygen atoms in total. The largest absolute Gasteiger partial charge is 0.393 e. The lowest BCUT2D eigenvalue weighted by Gasteiger charge is -2.16. The molecule has 136 valence electrons. The normalized spacial score (nSPS) is 12.1. The van der Waals surface area contributed by atoms with Gasteiger partial charge in [-0.2, -0.15) is 18.4 Å². The summed E-state index contributed by atoms with van der Waals surface area (Å²) < 4.78 is 37.9. The van der Waals surface area contributed by atoms with E-state index in [1.807, 2.05) is 6.07 Å². The molecular formula is C19H18F3N3O. The summed E-state index contributed by atoms with van der Waals surface area (Å²) in [5.74, 6) is 0. The minimum absolute atomic E-state index is 0.0109. The van der Waals surface area contributed by atoms with Gasteiger partial charge in [0.25, 0.3) is 0 Å². The van der Waals surface area contributed by atoms with Crippen molar-refractivity contribution < 1.29 is 18.0 Å². The molecule has 0 saturated heterocycles. The third kappa shape index (κ3) is 5.81. The Bertz CT molecular complexity index is 812. The summed E-state index contributed by atoms with van der Waals surface area (Å²) >= 11 is 0. The van der Waals surface area contributed by atoms with Crippen molar-refractivity contribution in [2.75, 3.05) is 0 Å². The molecule has 2 aromatic carbocycles. The lowest BCUT2D eigenvalue weighted by molar-refractivity contribution is -0.127. The molecular weight excluding hydrogens is 343 g/mol. The first kappa shape index (κ1) is 19.3. The van der Waals surface area contributed by atoms with Crippen LogP contribution in [0.2, 0.25) is 0 Å². The highest BCUT2D eigenvalue weighted by Gasteiger charge is 2.28. The average Bonchev–Trinajstić information content (AvgIpc) is 2.59. The summed E-state index contributed by atoms with van der Waals surface area (Å²) in [5, 5.41) is 14.2. The maximum Gasteiger partial charge on any atom is 0.393 e. The van der Waals surface area contributed by atoms with E-state index in [0.29, 0.717) is 11.1 Å². The Morgan fingerprint density at radius 1 is 1.15 bits per heavy atom. The molecule has 0 saturated carbocycles. The molecule has 0 spiro atoms. The molecule has 0 bridgehead atoms. The fraction of sp³-hybridized carbons (Fsp3) is 0.263. The number of alkyl halides is 3. The number of carbonyl (C=O) groups is 1. The van der Waals surface area contributed by atoms with Crippen molar-refractivity contribution in [3.05, 3.63) is 70.8 Å². The van der Waals surface area contributed by atoms with Crippen LogP contribution in [-0.2, 0) is 13.0 Å². The summed E-state index contributed by atoms with van der Waals surface area (Å²) in [4.78, 5) is 12.0. The van der Waals surface area contributed by atoms with E-state index in [1.54, 1.807) is 43.3 Å². The number of carbonyl (C=O) groups excluding carboxylic acids is 1. The molecule has 0 aromatic heterocycles. The molecule has 7 heteroatoms. The first-order valence-electron chi connectivity index (χ1n) is 7.96. The molecule has 0 fully saturated rings. The number of urea groups is 1. The minimum atomic E-state index is -4.31. The van der Waals surface area contributed by atoms with Gasteiger partial charge in [0.1, 0.15) is 0 Å². The molecule has 2 rings (SSSR count). The minimum Gasteiger partial charge on any atom is -0.334 e. The highest BCUT2D eigenvalue weighted by molar-refractivity contribution is 5.74. The van der Waals surface area contributed by atoms with E-state index >= 15 is 0 Å². The van der Waals surface area contributed by atoms with Crippen molar-refractivity contribution in [3.8, 4) is 6.07 Å². The average molecular weight is 361 g/mol. The molecule has 1 atom stereocenters. The number of rotatable bonds is 5. The zero-order chi connectivity index (χ0) is 19.2. The van der Waals surface area contributed by atoms with Crippen LogP contribution in [0.1, 0.15) is 35.2 Å². The number of nitrogens with one attached hydrogen (secondary N) is 2. The quantitative estimate of drug-likeness (QED) is 0.837. The molecule has 0 aliphatic heterocycles. The van der Waals surface area contributed by atoms with Crippen LogP contribution in [0.15, 0.2) is 48.5 Å². The Balaban J connectivity index is 1.96. The number of nitriles is 1. The predicted octanol–water partition coefficient (Wildman–Crippen LogP) is 4.22. The van der Waals surface area contributed by atoms with Crippen molar-refractivity contribution in [3.63, 3.8) is 0 Å². The summed E-state index contributed by atoms with van der Waals surface area (Å²) in [6.07, 6.45) is -5.34. The smallest absolute Gasteiger partial charge is 0.334 e. The van der Waals surface area contributed by atoms with Crippen LogP contribution in [0.3, 0.4) is 0 Å². The zero-order valence-corrected chi connectivity index (χ0v) is 14.1. The number of nitrogens with zero attached hydrogens (tertiary/aromatic N) is 1. The fourth-order valence-electron chi connectivity index (χ4n) is 2.50. The molecule has 1 unspecified atom stereocenters. The number of halogens is 3. The van der Waals surface area contributed by atoms with Crippen molar-refractivity contribution >= 4 is 6.03 Å². The molecule has 0 radical (unpaired) electrons. The number of amides is 2. The van der Waals surface area contributed by atoms with Crippen LogP contribution in [0.4, 0.5) is 18.0 Å². The van der Waals surface area contributed by atoms with Crippen molar-refractivity contribution in [1.82, 2.24) is 10.6 Å². The van der Waals surface area contributed by atoms with Gasteiger partial charge in [0, 0.05) is 6.54 Å². The van der Waals surface area contributed by atoms with Gasteiger partial charge in [-0.15, -0.1) is 0 Å². The fourth-order valence-corrected chi connectivity index (χ4v) is 2.50. The summed E-state index contributed by atoms with van der Waals surface area (Å²) in [7, 11) is 0. The van der Waals surface area contributed by atoms with Gasteiger partial charge in [-0.1, -0.05) is 36.4 Å². The summed E-state index contributed by atoms with van der Waals surface area (Å²) in [5.41, 5.74) is 1.79. The maximum atomic E-state index is 12.6. The van der Waals surface area contributed by atoms with Gasteiger partial charge in [-0.25, -0.2) is 4.79 Å². The molecule has 0 aliphatic rings. The van der Waals surface area contributed by atoms with Crippen LogP contribution in [-0.4, -0.2) is 12.2 Å². The lowest BCUT2D eigenvalue weighted by atomic mass is 10.0. The Kier molecular flexibility index (Phi) is 6.23. The number of hydrogen-bond donors (Lipinski definition) is 2. The zero-order valence-electron chi connectivity index (χ0n) is 14.1. The first-order chi connectivity index (χ1) is 12.3. The van der Waals surface area contributed by atoms with Crippen molar-refractivity contribution in [1.29, 1.82) is 5.26 Å². The van der Waals surface area contributed by atoms with Gasteiger partial charge in [0.2, 0.25) is 0 Å². The molecule has 2 N–H and O–H groups in total. The summed E-state index contributed by atoms with van der Waals surface area (Å²) in [6, 6.07) is 14.1. The van der Waals surface area contributed by atoms with E-state index in [1.165, 1.54) is 12.1 Å². The van der Waals surface area contributed by atoms with Gasteiger partial charge < -0.3 is 10.6 Å². The Hall–Kier alpha value is -3.01. The van der Waals surface area contributed by atoms with E-state index in [2.05, 4.69) is 10.6 Å². The predicted molar refractivity (Wildman–Crippen MR) is 91.1 cm³/mol. The Morgan fingerprint density at radius 3 is 2.50 bits per heavy atom. The van der Waals surface area contributed by atoms with Gasteiger partial charge in [0.15, 0.2) is 0 Å². The van der Waals surface area contributed by atoms with E-state index < -0.39 is 18.6 Å². The first-order valence-corrected chi connectivity index (χ1v) is 7.96. The van der Waals surface area contributed by atoms with Gasteiger partial charge in [0.05, 0.1) is 24.1 Å². The topological polar surface area (TPSA) is 64.9 Å². The number of hydrogen-bond acceptors (Lipinski definition) is 2. The highest BCUT2D eigenvalue weighted by atomic mass is 19.4. The molecule has 2 amide bonds. The lowest BCUT2D eigenvalue weighted by Crippen LogP contribution is -2.36.